The summed E-state index contributed by atoms with van der Waals surface area (Å²) >= 11 is 0. The van der Waals surface area contributed by atoms with Crippen molar-refractivity contribution in [1.82, 2.24) is 0 Å². The third-order valence-electron chi connectivity index (χ3n) is 3.38. The Kier molecular flexibility index (Phi) is 4.36. The van der Waals surface area contributed by atoms with E-state index in [4.69, 9.17) is 0 Å². The van der Waals surface area contributed by atoms with Crippen LogP contribution in [0.3, 0.4) is 0 Å². The highest BCUT2D eigenvalue weighted by atomic mass is 19.1. The van der Waals surface area contributed by atoms with Crippen molar-refractivity contribution in [1.29, 1.82) is 0 Å². The molecule has 0 bridgehead atoms. The molecule has 2 rings (SSSR count). The SMILES string of the molecule is CCN(C(=O)c1ccc(F)cc1F)c1cc(C)ccc1C. The van der Waals surface area contributed by atoms with Crippen molar-refractivity contribution >= 4 is 11.6 Å². The Morgan fingerprint density at radius 2 is 1.81 bits per heavy atom. The molecule has 0 unspecified atom stereocenters. The van der Waals surface area contributed by atoms with Crippen molar-refractivity contribution in [3.63, 3.8) is 0 Å². The molecule has 0 fully saturated rings. The largest absolute Gasteiger partial charge is 0.308 e. The molecule has 0 radical (unpaired) electrons. The van der Waals surface area contributed by atoms with E-state index < -0.39 is 17.5 Å². The average Bonchev–Trinajstić information content (AvgIpc) is 2.43. The Hall–Kier alpha value is -2.23. The lowest BCUT2D eigenvalue weighted by Crippen LogP contribution is -2.32. The third kappa shape index (κ3) is 3.10. The van der Waals surface area contributed by atoms with Crippen LogP contribution in [-0.4, -0.2) is 12.5 Å². The minimum Gasteiger partial charge on any atom is -0.308 e. The van der Waals surface area contributed by atoms with E-state index in [1.807, 2.05) is 39.0 Å². The summed E-state index contributed by atoms with van der Waals surface area (Å²) in [6.07, 6.45) is 0. The van der Waals surface area contributed by atoms with E-state index in [2.05, 4.69) is 0 Å². The zero-order valence-electron chi connectivity index (χ0n) is 12.3. The topological polar surface area (TPSA) is 20.3 Å². The first-order chi connectivity index (χ1) is 9.93. The van der Waals surface area contributed by atoms with Crippen molar-refractivity contribution in [2.24, 2.45) is 0 Å². The standard InChI is InChI=1S/C17H17F2NO/c1-4-20(16-9-11(2)5-6-12(16)3)17(21)14-8-7-13(18)10-15(14)19/h5-10H,4H2,1-3H3. The van der Waals surface area contributed by atoms with Crippen LogP contribution in [0.5, 0.6) is 0 Å². The van der Waals surface area contributed by atoms with Crippen LogP contribution in [0.1, 0.15) is 28.4 Å². The summed E-state index contributed by atoms with van der Waals surface area (Å²) < 4.78 is 26.8. The van der Waals surface area contributed by atoms with Crippen molar-refractivity contribution in [3.05, 3.63) is 64.7 Å². The van der Waals surface area contributed by atoms with Gasteiger partial charge < -0.3 is 4.90 Å². The second-order valence-electron chi connectivity index (χ2n) is 4.96. The number of hydrogen-bond acceptors (Lipinski definition) is 1. The summed E-state index contributed by atoms with van der Waals surface area (Å²) in [6.45, 7) is 6.05. The molecule has 2 aromatic carbocycles. The van der Waals surface area contributed by atoms with Gasteiger partial charge in [-0.05, 0) is 50.1 Å². The van der Waals surface area contributed by atoms with E-state index in [0.29, 0.717) is 6.54 Å². The fourth-order valence-electron chi connectivity index (χ4n) is 2.24. The zero-order valence-corrected chi connectivity index (χ0v) is 12.3. The molecule has 0 saturated heterocycles. The Morgan fingerprint density at radius 1 is 1.10 bits per heavy atom. The number of rotatable bonds is 3. The fourth-order valence-corrected chi connectivity index (χ4v) is 2.24. The minimum atomic E-state index is -0.844. The van der Waals surface area contributed by atoms with Crippen LogP contribution in [0.25, 0.3) is 0 Å². The Morgan fingerprint density at radius 3 is 2.43 bits per heavy atom. The number of benzene rings is 2. The molecule has 0 aromatic heterocycles. The molecule has 0 aliphatic heterocycles. The van der Waals surface area contributed by atoms with Crippen LogP contribution in [0.15, 0.2) is 36.4 Å². The van der Waals surface area contributed by atoms with Crippen LogP contribution in [0.2, 0.25) is 0 Å². The average molecular weight is 289 g/mol. The van der Waals surface area contributed by atoms with Gasteiger partial charge in [-0.15, -0.1) is 0 Å². The maximum absolute atomic E-state index is 13.8. The van der Waals surface area contributed by atoms with Gasteiger partial charge in [-0.2, -0.15) is 0 Å². The van der Waals surface area contributed by atoms with Gasteiger partial charge in [0.25, 0.3) is 5.91 Å². The minimum absolute atomic E-state index is 0.126. The number of hydrogen-bond donors (Lipinski definition) is 0. The highest BCUT2D eigenvalue weighted by molar-refractivity contribution is 6.06. The first-order valence-corrected chi connectivity index (χ1v) is 6.78. The number of aryl methyl sites for hydroxylation is 2. The maximum Gasteiger partial charge on any atom is 0.261 e. The van der Waals surface area contributed by atoms with Gasteiger partial charge in [0.2, 0.25) is 0 Å². The quantitative estimate of drug-likeness (QED) is 0.827. The van der Waals surface area contributed by atoms with Gasteiger partial charge in [0.1, 0.15) is 11.6 Å². The summed E-state index contributed by atoms with van der Waals surface area (Å²) in [5.74, 6) is -2.01. The molecule has 2 aromatic rings. The van der Waals surface area contributed by atoms with E-state index in [1.165, 1.54) is 11.0 Å². The maximum atomic E-state index is 13.8. The fraction of sp³-hybridized carbons (Fsp3) is 0.235. The highest BCUT2D eigenvalue weighted by Crippen LogP contribution is 2.24. The van der Waals surface area contributed by atoms with Crippen LogP contribution in [0, 0.1) is 25.5 Å². The Balaban J connectivity index is 2.45. The molecule has 4 heteroatoms. The van der Waals surface area contributed by atoms with E-state index in [-0.39, 0.29) is 5.56 Å². The summed E-state index contributed by atoms with van der Waals surface area (Å²) in [7, 11) is 0. The molecule has 0 aliphatic rings. The number of halogens is 2. The Bertz CT molecular complexity index is 682. The number of anilines is 1. The lowest BCUT2D eigenvalue weighted by Gasteiger charge is -2.23. The molecular weight excluding hydrogens is 272 g/mol. The van der Waals surface area contributed by atoms with Gasteiger partial charge in [0.05, 0.1) is 5.56 Å². The first kappa shape index (κ1) is 15.2. The third-order valence-corrected chi connectivity index (χ3v) is 3.38. The van der Waals surface area contributed by atoms with Gasteiger partial charge in [-0.1, -0.05) is 12.1 Å². The van der Waals surface area contributed by atoms with Crippen molar-refractivity contribution in [3.8, 4) is 0 Å². The summed E-state index contributed by atoms with van der Waals surface area (Å²) in [4.78, 5) is 14.0. The predicted octanol–water partition coefficient (Wildman–Crippen LogP) is 4.25. The van der Waals surface area contributed by atoms with Crippen molar-refractivity contribution in [2.45, 2.75) is 20.8 Å². The lowest BCUT2D eigenvalue weighted by molar-refractivity contribution is 0.0984. The lowest BCUT2D eigenvalue weighted by atomic mass is 10.1. The van der Waals surface area contributed by atoms with Gasteiger partial charge in [-0.25, -0.2) is 8.78 Å². The molecular formula is C17H17F2NO. The summed E-state index contributed by atoms with van der Waals surface area (Å²) in [5, 5.41) is 0. The molecule has 0 saturated carbocycles. The van der Waals surface area contributed by atoms with Gasteiger partial charge in [-0.3, -0.25) is 4.79 Å². The second kappa shape index (κ2) is 6.04. The molecule has 110 valence electrons. The zero-order chi connectivity index (χ0) is 15.6. The van der Waals surface area contributed by atoms with E-state index in [0.717, 1.165) is 28.9 Å². The first-order valence-electron chi connectivity index (χ1n) is 6.78. The molecule has 0 N–H and O–H groups in total. The van der Waals surface area contributed by atoms with Crippen molar-refractivity contribution < 1.29 is 13.6 Å². The molecule has 2 nitrogen and oxygen atoms in total. The van der Waals surface area contributed by atoms with Crippen LogP contribution in [0.4, 0.5) is 14.5 Å². The van der Waals surface area contributed by atoms with Gasteiger partial charge in [0, 0.05) is 18.3 Å². The molecule has 0 heterocycles. The number of nitrogens with zero attached hydrogens (tertiary/aromatic N) is 1. The number of amides is 1. The summed E-state index contributed by atoms with van der Waals surface area (Å²) in [6, 6.07) is 8.76. The summed E-state index contributed by atoms with van der Waals surface area (Å²) in [5.41, 5.74) is 2.56. The van der Waals surface area contributed by atoms with Gasteiger partial charge in [0.15, 0.2) is 0 Å². The van der Waals surface area contributed by atoms with Crippen LogP contribution < -0.4 is 4.90 Å². The smallest absolute Gasteiger partial charge is 0.261 e. The Labute approximate surface area is 123 Å². The van der Waals surface area contributed by atoms with Crippen LogP contribution in [-0.2, 0) is 0 Å². The molecule has 1 amide bonds. The molecule has 0 spiro atoms. The second-order valence-corrected chi connectivity index (χ2v) is 4.96. The van der Waals surface area contributed by atoms with Crippen LogP contribution >= 0.6 is 0 Å². The number of carbonyl (C=O) groups is 1. The molecule has 0 atom stereocenters. The van der Waals surface area contributed by atoms with Crippen molar-refractivity contribution in [2.75, 3.05) is 11.4 Å². The van der Waals surface area contributed by atoms with Gasteiger partial charge >= 0.3 is 0 Å². The highest BCUT2D eigenvalue weighted by Gasteiger charge is 2.21. The van der Waals surface area contributed by atoms with E-state index in [9.17, 15) is 13.6 Å². The van der Waals surface area contributed by atoms with E-state index in [1.54, 1.807) is 0 Å². The number of carbonyl (C=O) groups excluding carboxylic acids is 1. The normalized spacial score (nSPS) is 10.5. The monoisotopic (exact) mass is 289 g/mol. The molecule has 21 heavy (non-hydrogen) atoms. The molecule has 0 aliphatic carbocycles. The predicted molar refractivity (Wildman–Crippen MR) is 79.6 cm³/mol. The van der Waals surface area contributed by atoms with E-state index >= 15 is 0 Å².